The second kappa shape index (κ2) is 10.3. The van der Waals surface area contributed by atoms with Crippen LogP contribution in [0.5, 0.6) is 0 Å². The molecule has 0 bridgehead atoms. The minimum atomic E-state index is -3.77. The first-order chi connectivity index (χ1) is 15.9. The van der Waals surface area contributed by atoms with Crippen molar-refractivity contribution in [2.45, 2.75) is 30.7 Å². The summed E-state index contributed by atoms with van der Waals surface area (Å²) in [7, 11) is -3.77. The van der Waals surface area contributed by atoms with Crippen LogP contribution in [-0.2, 0) is 16.6 Å². The van der Waals surface area contributed by atoms with Gasteiger partial charge in [-0.05, 0) is 67.3 Å². The number of carbonyl (C=O) groups is 1. The number of sulfonamides is 1. The monoisotopic (exact) mass is 483 g/mol. The van der Waals surface area contributed by atoms with E-state index in [0.29, 0.717) is 6.54 Å². The van der Waals surface area contributed by atoms with Gasteiger partial charge in [0.15, 0.2) is 0 Å². The van der Waals surface area contributed by atoms with Crippen molar-refractivity contribution in [3.8, 4) is 0 Å². The summed E-state index contributed by atoms with van der Waals surface area (Å²) in [5, 5.41) is 3.11. The van der Waals surface area contributed by atoms with E-state index in [0.717, 1.165) is 18.7 Å². The fraction of sp³-hybridized carbons (Fsp3) is 0.240. The Labute approximate surface area is 199 Å². The summed E-state index contributed by atoms with van der Waals surface area (Å²) in [6.07, 6.45) is 3.73. The van der Waals surface area contributed by atoms with Crippen molar-refractivity contribution in [3.05, 3.63) is 88.9 Å². The SMILES string of the molecule is O=C(NCc1ccc(N2CCCCC2)cc1)c1cc(NS(=O)(=O)c2ccccc2)ccc1Cl. The maximum Gasteiger partial charge on any atom is 0.261 e. The number of carbonyl (C=O) groups excluding carboxylic acids is 1. The van der Waals surface area contributed by atoms with E-state index in [1.807, 2.05) is 12.1 Å². The van der Waals surface area contributed by atoms with E-state index in [-0.39, 0.29) is 27.1 Å². The highest BCUT2D eigenvalue weighted by molar-refractivity contribution is 7.92. The minimum Gasteiger partial charge on any atom is -0.372 e. The van der Waals surface area contributed by atoms with E-state index >= 15 is 0 Å². The van der Waals surface area contributed by atoms with E-state index in [2.05, 4.69) is 27.1 Å². The number of rotatable bonds is 7. The first-order valence-corrected chi connectivity index (χ1v) is 12.8. The van der Waals surface area contributed by atoms with Gasteiger partial charge in [-0.1, -0.05) is 41.9 Å². The van der Waals surface area contributed by atoms with Crippen molar-refractivity contribution in [2.24, 2.45) is 0 Å². The van der Waals surface area contributed by atoms with Crippen LogP contribution in [0.4, 0.5) is 11.4 Å². The first-order valence-electron chi connectivity index (χ1n) is 10.9. The van der Waals surface area contributed by atoms with Crippen LogP contribution < -0.4 is 14.9 Å². The zero-order valence-corrected chi connectivity index (χ0v) is 19.7. The summed E-state index contributed by atoms with van der Waals surface area (Å²) in [5.41, 5.74) is 2.64. The third-order valence-corrected chi connectivity index (χ3v) is 7.35. The van der Waals surface area contributed by atoms with E-state index in [4.69, 9.17) is 11.6 Å². The number of hydrogen-bond acceptors (Lipinski definition) is 4. The molecule has 3 aromatic carbocycles. The first kappa shape index (κ1) is 23.1. The van der Waals surface area contributed by atoms with E-state index in [1.54, 1.807) is 18.2 Å². The maximum atomic E-state index is 12.8. The lowest BCUT2D eigenvalue weighted by Gasteiger charge is -2.28. The van der Waals surface area contributed by atoms with Crippen molar-refractivity contribution in [3.63, 3.8) is 0 Å². The second-order valence-corrected chi connectivity index (χ2v) is 10.1. The van der Waals surface area contributed by atoms with Crippen molar-refractivity contribution in [1.82, 2.24) is 5.32 Å². The molecule has 0 saturated carbocycles. The number of nitrogens with zero attached hydrogens (tertiary/aromatic N) is 1. The van der Waals surface area contributed by atoms with Gasteiger partial charge in [-0.2, -0.15) is 0 Å². The highest BCUT2D eigenvalue weighted by atomic mass is 35.5. The smallest absolute Gasteiger partial charge is 0.261 e. The summed E-state index contributed by atoms with van der Waals surface area (Å²) in [6, 6.07) is 20.7. The van der Waals surface area contributed by atoms with Gasteiger partial charge in [0.1, 0.15) is 0 Å². The van der Waals surface area contributed by atoms with Gasteiger partial charge < -0.3 is 10.2 Å². The maximum absolute atomic E-state index is 12.8. The molecule has 0 spiro atoms. The number of piperidine rings is 1. The van der Waals surface area contributed by atoms with Crippen LogP contribution in [0.2, 0.25) is 5.02 Å². The van der Waals surface area contributed by atoms with Gasteiger partial charge in [0, 0.05) is 31.0 Å². The average Bonchev–Trinajstić information content (AvgIpc) is 2.85. The third kappa shape index (κ3) is 5.86. The number of hydrogen-bond donors (Lipinski definition) is 2. The molecule has 4 rings (SSSR count). The van der Waals surface area contributed by atoms with Gasteiger partial charge in [0.2, 0.25) is 0 Å². The van der Waals surface area contributed by atoms with Gasteiger partial charge in [-0.25, -0.2) is 8.42 Å². The standard InChI is InChI=1S/C25H26ClN3O3S/c26-24-14-11-20(28-33(31,32)22-7-3-1-4-8-22)17-23(24)25(30)27-18-19-9-12-21(13-10-19)29-15-5-2-6-16-29/h1,3-4,7-14,17,28H,2,5-6,15-16,18H2,(H,27,30). The van der Waals surface area contributed by atoms with Crippen molar-refractivity contribution in [1.29, 1.82) is 0 Å². The molecule has 0 aromatic heterocycles. The number of halogens is 1. The Bertz CT molecular complexity index is 1210. The topological polar surface area (TPSA) is 78.5 Å². The number of anilines is 2. The van der Waals surface area contributed by atoms with Crippen LogP contribution in [0.15, 0.2) is 77.7 Å². The molecule has 1 saturated heterocycles. The lowest BCUT2D eigenvalue weighted by molar-refractivity contribution is 0.0951. The molecule has 0 atom stereocenters. The zero-order valence-electron chi connectivity index (χ0n) is 18.1. The van der Waals surface area contributed by atoms with Crippen LogP contribution in [-0.4, -0.2) is 27.4 Å². The van der Waals surface area contributed by atoms with Crippen molar-refractivity contribution >= 4 is 38.9 Å². The highest BCUT2D eigenvalue weighted by Gasteiger charge is 2.17. The van der Waals surface area contributed by atoms with Gasteiger partial charge in [0.05, 0.1) is 15.5 Å². The fourth-order valence-corrected chi connectivity index (χ4v) is 5.10. The molecule has 1 aliphatic rings. The van der Waals surface area contributed by atoms with Gasteiger partial charge in [0.25, 0.3) is 15.9 Å². The Kier molecular flexibility index (Phi) is 7.20. The molecular formula is C25H26ClN3O3S. The van der Waals surface area contributed by atoms with Crippen molar-refractivity contribution in [2.75, 3.05) is 22.7 Å². The van der Waals surface area contributed by atoms with E-state index in [1.165, 1.54) is 55.3 Å². The summed E-state index contributed by atoms with van der Waals surface area (Å²) < 4.78 is 27.6. The highest BCUT2D eigenvalue weighted by Crippen LogP contribution is 2.24. The normalized spacial score (nSPS) is 14.0. The summed E-state index contributed by atoms with van der Waals surface area (Å²) >= 11 is 6.22. The number of nitrogens with one attached hydrogen (secondary N) is 2. The summed E-state index contributed by atoms with van der Waals surface area (Å²) in [6.45, 7) is 2.51. The largest absolute Gasteiger partial charge is 0.372 e. The average molecular weight is 484 g/mol. The molecule has 2 N–H and O–H groups in total. The summed E-state index contributed by atoms with van der Waals surface area (Å²) in [4.78, 5) is 15.3. The Morgan fingerprint density at radius 3 is 2.30 bits per heavy atom. The molecule has 3 aromatic rings. The molecule has 6 nitrogen and oxygen atoms in total. The van der Waals surface area contributed by atoms with Crippen LogP contribution in [0.25, 0.3) is 0 Å². The second-order valence-electron chi connectivity index (χ2n) is 8.01. The Morgan fingerprint density at radius 1 is 0.909 bits per heavy atom. The molecule has 1 aliphatic heterocycles. The van der Waals surface area contributed by atoms with Gasteiger partial charge in [-0.15, -0.1) is 0 Å². The molecule has 1 heterocycles. The quantitative estimate of drug-likeness (QED) is 0.492. The molecule has 0 radical (unpaired) electrons. The zero-order chi connectivity index (χ0) is 23.3. The van der Waals surface area contributed by atoms with Gasteiger partial charge >= 0.3 is 0 Å². The third-order valence-electron chi connectivity index (χ3n) is 5.63. The van der Waals surface area contributed by atoms with Crippen LogP contribution >= 0.6 is 11.6 Å². The summed E-state index contributed by atoms with van der Waals surface area (Å²) in [5.74, 6) is -0.374. The van der Waals surface area contributed by atoms with Crippen LogP contribution in [0.3, 0.4) is 0 Å². The van der Waals surface area contributed by atoms with Crippen molar-refractivity contribution < 1.29 is 13.2 Å². The van der Waals surface area contributed by atoms with Crippen LogP contribution in [0.1, 0.15) is 35.2 Å². The van der Waals surface area contributed by atoms with Gasteiger partial charge in [-0.3, -0.25) is 9.52 Å². The number of amides is 1. The minimum absolute atomic E-state index is 0.138. The molecule has 1 amide bonds. The lowest BCUT2D eigenvalue weighted by Crippen LogP contribution is -2.29. The van der Waals surface area contributed by atoms with Crippen LogP contribution in [0, 0.1) is 0 Å². The molecule has 0 aliphatic carbocycles. The molecule has 8 heteroatoms. The number of benzene rings is 3. The molecule has 172 valence electrons. The predicted octanol–water partition coefficient (Wildman–Crippen LogP) is 5.06. The van der Waals surface area contributed by atoms with E-state index < -0.39 is 10.0 Å². The molecule has 0 unspecified atom stereocenters. The van der Waals surface area contributed by atoms with E-state index in [9.17, 15) is 13.2 Å². The Hall–Kier alpha value is -3.03. The lowest BCUT2D eigenvalue weighted by atomic mass is 10.1. The molecule has 1 fully saturated rings. The Morgan fingerprint density at radius 2 is 1.61 bits per heavy atom. The fourth-order valence-electron chi connectivity index (χ4n) is 3.83. The Balaban J connectivity index is 1.41. The molecule has 33 heavy (non-hydrogen) atoms. The predicted molar refractivity (Wildman–Crippen MR) is 132 cm³/mol. The molecular weight excluding hydrogens is 458 g/mol.